The number of aliphatic hydroxyl groups excluding tert-OH is 1. The predicted octanol–water partition coefficient (Wildman–Crippen LogP) is -0.167. The van der Waals surface area contributed by atoms with Crippen molar-refractivity contribution in [2.75, 3.05) is 25.4 Å². The molecule has 0 spiro atoms. The summed E-state index contributed by atoms with van der Waals surface area (Å²) in [5.74, 6) is -0.0560. The summed E-state index contributed by atoms with van der Waals surface area (Å²) in [5.41, 5.74) is 5.53. The summed E-state index contributed by atoms with van der Waals surface area (Å²) >= 11 is 0. The zero-order valence-corrected chi connectivity index (χ0v) is 10.1. The van der Waals surface area contributed by atoms with Crippen LogP contribution in [-0.4, -0.2) is 42.5 Å². The van der Waals surface area contributed by atoms with E-state index < -0.39 is 10.0 Å². The van der Waals surface area contributed by atoms with E-state index in [1.807, 2.05) is 0 Å². The lowest BCUT2D eigenvalue weighted by atomic mass is 10.5. The number of aliphatic hydroxyl groups is 1. The van der Waals surface area contributed by atoms with Crippen LogP contribution in [0.5, 0.6) is 0 Å². The number of rotatable bonds is 6. The molecule has 0 aliphatic carbocycles. The third-order valence-corrected chi connectivity index (χ3v) is 4.01. The van der Waals surface area contributed by atoms with E-state index >= 15 is 0 Å². The highest BCUT2D eigenvalue weighted by Crippen LogP contribution is 2.19. The Morgan fingerprint density at radius 1 is 1.59 bits per heavy atom. The molecule has 0 atom stereocenters. The summed E-state index contributed by atoms with van der Waals surface area (Å²) in [7, 11) is -3.74. The number of hydrogen-bond acceptors (Lipinski definition) is 5. The van der Waals surface area contributed by atoms with E-state index in [1.54, 1.807) is 0 Å². The van der Waals surface area contributed by atoms with Gasteiger partial charge in [0, 0.05) is 19.3 Å². The molecule has 0 saturated heterocycles. The molecule has 1 heterocycles. The summed E-state index contributed by atoms with van der Waals surface area (Å²) in [5, 5.41) is 8.86. The highest BCUT2D eigenvalue weighted by molar-refractivity contribution is 7.89. The summed E-state index contributed by atoms with van der Waals surface area (Å²) in [6.07, 6.45) is 2.86. The molecule has 3 N–H and O–H groups in total. The second-order valence-electron chi connectivity index (χ2n) is 3.26. The Hall–Kier alpha value is -1.44. The second kappa shape index (κ2) is 5.76. The van der Waals surface area contributed by atoms with Gasteiger partial charge in [-0.3, -0.25) is 0 Å². The van der Waals surface area contributed by atoms with Gasteiger partial charge >= 0.3 is 0 Å². The van der Waals surface area contributed by atoms with Crippen LogP contribution in [0.1, 0.15) is 0 Å². The van der Waals surface area contributed by atoms with Crippen molar-refractivity contribution in [1.29, 1.82) is 0 Å². The van der Waals surface area contributed by atoms with Gasteiger partial charge in [0.15, 0.2) is 0 Å². The Balaban J connectivity index is 3.16. The van der Waals surface area contributed by atoms with Crippen LogP contribution in [0.15, 0.2) is 35.9 Å². The molecule has 0 amide bonds. The van der Waals surface area contributed by atoms with E-state index in [-0.39, 0.29) is 30.4 Å². The fourth-order valence-corrected chi connectivity index (χ4v) is 2.79. The van der Waals surface area contributed by atoms with Crippen LogP contribution in [0.4, 0.5) is 5.82 Å². The fourth-order valence-electron chi connectivity index (χ4n) is 1.33. The van der Waals surface area contributed by atoms with Crippen molar-refractivity contribution in [2.24, 2.45) is 0 Å². The molecular formula is C10H15N3O3S. The van der Waals surface area contributed by atoms with Crippen molar-refractivity contribution in [3.63, 3.8) is 0 Å². The van der Waals surface area contributed by atoms with Crippen molar-refractivity contribution in [1.82, 2.24) is 9.29 Å². The van der Waals surface area contributed by atoms with Crippen molar-refractivity contribution in [3.05, 3.63) is 31.0 Å². The third-order valence-electron chi connectivity index (χ3n) is 2.10. The molecule has 1 aromatic rings. The van der Waals surface area contributed by atoms with Crippen molar-refractivity contribution in [3.8, 4) is 0 Å². The van der Waals surface area contributed by atoms with E-state index in [1.165, 1.54) is 24.4 Å². The molecule has 1 aromatic heterocycles. The van der Waals surface area contributed by atoms with Gasteiger partial charge in [0.2, 0.25) is 10.0 Å². The minimum Gasteiger partial charge on any atom is -0.395 e. The third kappa shape index (κ3) is 3.02. The maximum absolute atomic E-state index is 12.2. The van der Waals surface area contributed by atoms with Crippen LogP contribution >= 0.6 is 0 Å². The lowest BCUT2D eigenvalue weighted by molar-refractivity contribution is 0.260. The van der Waals surface area contributed by atoms with Crippen LogP contribution in [0.25, 0.3) is 0 Å². The second-order valence-corrected chi connectivity index (χ2v) is 5.17. The molecule has 0 radical (unpaired) electrons. The average molecular weight is 257 g/mol. The minimum atomic E-state index is -3.74. The first-order chi connectivity index (χ1) is 8.04. The van der Waals surface area contributed by atoms with Gasteiger partial charge in [-0.2, -0.15) is 4.31 Å². The van der Waals surface area contributed by atoms with Gasteiger partial charge < -0.3 is 10.8 Å². The topological polar surface area (TPSA) is 96.5 Å². The zero-order chi connectivity index (χ0) is 12.9. The Labute approximate surface area is 100 Å². The van der Waals surface area contributed by atoms with Crippen molar-refractivity contribution < 1.29 is 13.5 Å². The number of nitrogen functional groups attached to an aromatic ring is 1. The van der Waals surface area contributed by atoms with E-state index in [9.17, 15) is 8.42 Å². The Kier molecular flexibility index (Phi) is 4.62. The highest BCUT2D eigenvalue weighted by atomic mass is 32.2. The van der Waals surface area contributed by atoms with E-state index in [2.05, 4.69) is 11.6 Å². The molecule has 0 fully saturated rings. The number of aromatic nitrogens is 1. The SMILES string of the molecule is C=CCN(CCO)S(=O)(=O)c1cccnc1N. The van der Waals surface area contributed by atoms with Gasteiger partial charge in [-0.15, -0.1) is 6.58 Å². The maximum Gasteiger partial charge on any atom is 0.247 e. The molecule has 0 aliphatic rings. The van der Waals surface area contributed by atoms with Crippen molar-refractivity contribution >= 4 is 15.8 Å². The molecule has 7 heteroatoms. The normalized spacial score (nSPS) is 11.6. The van der Waals surface area contributed by atoms with Gasteiger partial charge in [0.25, 0.3) is 0 Å². The quantitative estimate of drug-likeness (QED) is 0.690. The first kappa shape index (κ1) is 13.6. The van der Waals surface area contributed by atoms with E-state index in [0.29, 0.717) is 0 Å². The lowest BCUT2D eigenvalue weighted by Crippen LogP contribution is -2.34. The maximum atomic E-state index is 12.2. The minimum absolute atomic E-state index is 0.0112. The number of nitrogens with zero attached hydrogens (tertiary/aromatic N) is 2. The molecule has 1 rings (SSSR count). The highest BCUT2D eigenvalue weighted by Gasteiger charge is 2.25. The molecule has 0 aromatic carbocycles. The standard InChI is InChI=1S/C10H15N3O3S/c1-2-6-13(7-8-14)17(15,16)9-4-3-5-12-10(9)11/h2-5,14H,1,6-8H2,(H2,11,12). The van der Waals surface area contributed by atoms with Crippen LogP contribution < -0.4 is 5.73 Å². The largest absolute Gasteiger partial charge is 0.395 e. The lowest BCUT2D eigenvalue weighted by Gasteiger charge is -2.20. The average Bonchev–Trinajstić information content (AvgIpc) is 2.29. The summed E-state index contributed by atoms with van der Waals surface area (Å²) in [4.78, 5) is 3.67. The number of hydrogen-bond donors (Lipinski definition) is 2. The summed E-state index contributed by atoms with van der Waals surface area (Å²) in [6, 6.07) is 2.87. The first-order valence-electron chi connectivity index (χ1n) is 4.96. The first-order valence-corrected chi connectivity index (χ1v) is 6.40. The molecule has 0 saturated carbocycles. The number of anilines is 1. The molecule has 0 bridgehead atoms. The van der Waals surface area contributed by atoms with Gasteiger partial charge in [0.1, 0.15) is 10.7 Å². The number of pyridine rings is 1. The summed E-state index contributed by atoms with van der Waals surface area (Å²) in [6.45, 7) is 3.30. The van der Waals surface area contributed by atoms with Gasteiger partial charge in [-0.1, -0.05) is 6.08 Å². The monoisotopic (exact) mass is 257 g/mol. The molecule has 0 aliphatic heterocycles. The van der Waals surface area contributed by atoms with Gasteiger partial charge in [-0.25, -0.2) is 13.4 Å². The van der Waals surface area contributed by atoms with Crippen LogP contribution in [0.2, 0.25) is 0 Å². The zero-order valence-electron chi connectivity index (χ0n) is 9.28. The van der Waals surface area contributed by atoms with Crippen LogP contribution in [0.3, 0.4) is 0 Å². The van der Waals surface area contributed by atoms with Gasteiger partial charge in [0.05, 0.1) is 6.61 Å². The fraction of sp³-hybridized carbons (Fsp3) is 0.300. The molecule has 94 valence electrons. The molecule has 0 unspecified atom stereocenters. The molecule has 17 heavy (non-hydrogen) atoms. The summed E-state index contributed by atoms with van der Waals surface area (Å²) < 4.78 is 25.5. The Morgan fingerprint density at radius 3 is 2.82 bits per heavy atom. The smallest absolute Gasteiger partial charge is 0.247 e. The molecule has 6 nitrogen and oxygen atoms in total. The van der Waals surface area contributed by atoms with Gasteiger partial charge in [-0.05, 0) is 12.1 Å². The Bertz CT molecular complexity index is 487. The number of nitrogens with two attached hydrogens (primary N) is 1. The van der Waals surface area contributed by atoms with Crippen molar-refractivity contribution in [2.45, 2.75) is 4.90 Å². The van der Waals surface area contributed by atoms with Crippen LogP contribution in [-0.2, 0) is 10.0 Å². The van der Waals surface area contributed by atoms with E-state index in [0.717, 1.165) is 4.31 Å². The number of sulfonamides is 1. The van der Waals surface area contributed by atoms with E-state index in [4.69, 9.17) is 10.8 Å². The van der Waals surface area contributed by atoms with Crippen LogP contribution in [0, 0.1) is 0 Å². The Morgan fingerprint density at radius 2 is 2.29 bits per heavy atom. The molecular weight excluding hydrogens is 242 g/mol. The predicted molar refractivity (Wildman–Crippen MR) is 64.7 cm³/mol.